The average Bonchev–Trinajstić information content (AvgIpc) is 2.96. The van der Waals surface area contributed by atoms with Gasteiger partial charge >= 0.3 is 0 Å². The van der Waals surface area contributed by atoms with Gasteiger partial charge in [0.2, 0.25) is 10.0 Å². The number of aliphatic hydroxyl groups is 1. The van der Waals surface area contributed by atoms with Crippen LogP contribution in [0.1, 0.15) is 24.8 Å². The molecule has 2 fully saturated rings. The van der Waals surface area contributed by atoms with E-state index in [4.69, 9.17) is 11.6 Å². The molecular formula is C14H18ClNO3S. The minimum Gasteiger partial charge on any atom is -0.391 e. The Morgan fingerprint density at radius 2 is 2.05 bits per heavy atom. The summed E-state index contributed by atoms with van der Waals surface area (Å²) in [5, 5.41) is 10.5. The minimum atomic E-state index is -3.59. The smallest absolute Gasteiger partial charge is 0.243 e. The van der Waals surface area contributed by atoms with E-state index >= 15 is 0 Å². The van der Waals surface area contributed by atoms with Crippen LogP contribution in [0, 0.1) is 12.8 Å². The number of hydrogen-bond donors (Lipinski definition) is 1. The monoisotopic (exact) mass is 315 g/mol. The second-order valence-corrected chi connectivity index (χ2v) is 8.01. The van der Waals surface area contributed by atoms with Crippen molar-refractivity contribution in [2.45, 2.75) is 43.2 Å². The Kier molecular flexibility index (Phi) is 3.57. The Bertz CT molecular complexity index is 631. The van der Waals surface area contributed by atoms with Gasteiger partial charge in [-0.05, 0) is 49.8 Å². The van der Waals surface area contributed by atoms with Crippen LogP contribution in [-0.4, -0.2) is 36.5 Å². The molecule has 1 aromatic rings. The van der Waals surface area contributed by atoms with Gasteiger partial charge in [-0.25, -0.2) is 8.42 Å². The van der Waals surface area contributed by atoms with Gasteiger partial charge in [0.05, 0.1) is 17.0 Å². The third-order valence-electron chi connectivity index (χ3n) is 4.50. The molecule has 1 N–H and O–H groups in total. The fourth-order valence-electron chi connectivity index (χ4n) is 3.48. The van der Waals surface area contributed by atoms with Crippen LogP contribution in [0.4, 0.5) is 0 Å². The molecule has 0 radical (unpaired) electrons. The van der Waals surface area contributed by atoms with Crippen LogP contribution >= 0.6 is 11.6 Å². The molecule has 1 saturated heterocycles. The maximum atomic E-state index is 12.9. The summed E-state index contributed by atoms with van der Waals surface area (Å²) < 4.78 is 27.2. The van der Waals surface area contributed by atoms with Crippen LogP contribution in [0.5, 0.6) is 0 Å². The first-order valence-corrected chi connectivity index (χ1v) is 8.69. The van der Waals surface area contributed by atoms with E-state index in [0.29, 0.717) is 29.5 Å². The number of rotatable bonds is 2. The Morgan fingerprint density at radius 1 is 1.30 bits per heavy atom. The molecule has 0 bridgehead atoms. The van der Waals surface area contributed by atoms with Gasteiger partial charge in [0, 0.05) is 11.6 Å². The number of sulfonamides is 1. The summed E-state index contributed by atoms with van der Waals surface area (Å²) >= 11 is 5.94. The van der Waals surface area contributed by atoms with E-state index in [-0.39, 0.29) is 10.9 Å². The molecule has 1 aliphatic carbocycles. The molecule has 3 atom stereocenters. The number of hydrogen-bond acceptors (Lipinski definition) is 3. The second-order valence-electron chi connectivity index (χ2n) is 5.71. The molecule has 0 unspecified atom stereocenters. The third-order valence-corrected chi connectivity index (χ3v) is 6.77. The van der Waals surface area contributed by atoms with Crippen LogP contribution in [0.2, 0.25) is 5.02 Å². The van der Waals surface area contributed by atoms with Gasteiger partial charge in [-0.3, -0.25) is 0 Å². The summed E-state index contributed by atoms with van der Waals surface area (Å²) in [6.45, 7) is 2.25. The van der Waals surface area contributed by atoms with E-state index in [1.54, 1.807) is 19.1 Å². The summed E-state index contributed by atoms with van der Waals surface area (Å²) in [6.07, 6.45) is 1.89. The lowest BCUT2D eigenvalue weighted by molar-refractivity contribution is 0.120. The van der Waals surface area contributed by atoms with Crippen LogP contribution in [0.15, 0.2) is 23.1 Å². The zero-order valence-corrected chi connectivity index (χ0v) is 12.9. The van der Waals surface area contributed by atoms with Crippen LogP contribution in [0.3, 0.4) is 0 Å². The first kappa shape index (κ1) is 14.3. The zero-order chi connectivity index (χ0) is 14.5. The number of aryl methyl sites for hydroxylation is 1. The predicted octanol–water partition coefficient (Wildman–Crippen LogP) is 2.18. The highest BCUT2D eigenvalue weighted by Crippen LogP contribution is 2.41. The normalized spacial score (nSPS) is 30.6. The summed E-state index contributed by atoms with van der Waals surface area (Å²) in [5.41, 5.74) is 0.685. The Hall–Kier alpha value is -0.620. The Balaban J connectivity index is 2.02. The number of aliphatic hydroxyl groups excluding tert-OH is 1. The molecule has 4 nitrogen and oxygen atoms in total. The van der Waals surface area contributed by atoms with Gasteiger partial charge in [0.15, 0.2) is 0 Å². The number of benzene rings is 1. The number of fused-ring (bicyclic) bond motifs is 1. The van der Waals surface area contributed by atoms with E-state index in [1.807, 2.05) is 0 Å². The van der Waals surface area contributed by atoms with Crippen molar-refractivity contribution in [2.24, 2.45) is 5.92 Å². The molecule has 1 aromatic carbocycles. The first-order valence-electron chi connectivity index (χ1n) is 6.87. The molecule has 1 heterocycles. The van der Waals surface area contributed by atoms with E-state index in [0.717, 1.165) is 12.8 Å². The molecule has 0 aromatic heterocycles. The van der Waals surface area contributed by atoms with Crippen molar-refractivity contribution in [1.82, 2.24) is 4.31 Å². The fraction of sp³-hybridized carbons (Fsp3) is 0.571. The van der Waals surface area contributed by atoms with Crippen LogP contribution in [-0.2, 0) is 10.0 Å². The van der Waals surface area contributed by atoms with Crippen LogP contribution in [0.25, 0.3) is 0 Å². The van der Waals surface area contributed by atoms with Gasteiger partial charge in [-0.15, -0.1) is 0 Å². The molecule has 0 spiro atoms. The highest BCUT2D eigenvalue weighted by molar-refractivity contribution is 7.89. The van der Waals surface area contributed by atoms with Crippen molar-refractivity contribution in [2.75, 3.05) is 6.54 Å². The molecule has 6 heteroatoms. The van der Waals surface area contributed by atoms with E-state index in [9.17, 15) is 13.5 Å². The lowest BCUT2D eigenvalue weighted by atomic mass is 10.0. The quantitative estimate of drug-likeness (QED) is 0.910. The highest BCUT2D eigenvalue weighted by Gasteiger charge is 2.48. The molecular weight excluding hydrogens is 298 g/mol. The molecule has 110 valence electrons. The molecule has 3 rings (SSSR count). The molecule has 1 aliphatic heterocycles. The van der Waals surface area contributed by atoms with Crippen molar-refractivity contribution < 1.29 is 13.5 Å². The van der Waals surface area contributed by atoms with Gasteiger partial charge in [-0.1, -0.05) is 17.7 Å². The highest BCUT2D eigenvalue weighted by atomic mass is 35.5. The van der Waals surface area contributed by atoms with E-state index < -0.39 is 16.1 Å². The zero-order valence-electron chi connectivity index (χ0n) is 11.3. The standard InChI is InChI=1S/C14H18ClNO3S/c1-9-2-4-11(15)8-13(9)20(18,19)16-7-6-10-3-5-12(17)14(10)16/h2,4,8,10,12,14,17H,3,5-7H2,1H3/t10-,12+,14+/m0/s1. The molecule has 2 aliphatic rings. The Morgan fingerprint density at radius 3 is 2.80 bits per heavy atom. The van der Waals surface area contributed by atoms with Crippen LogP contribution < -0.4 is 0 Å². The summed E-state index contributed by atoms with van der Waals surface area (Å²) in [7, 11) is -3.59. The largest absolute Gasteiger partial charge is 0.391 e. The number of nitrogens with zero attached hydrogens (tertiary/aromatic N) is 1. The molecule has 20 heavy (non-hydrogen) atoms. The van der Waals surface area contributed by atoms with Crippen molar-refractivity contribution in [3.63, 3.8) is 0 Å². The molecule has 0 amide bonds. The van der Waals surface area contributed by atoms with Gasteiger partial charge < -0.3 is 5.11 Å². The van der Waals surface area contributed by atoms with Crippen molar-refractivity contribution in [1.29, 1.82) is 0 Å². The fourth-order valence-corrected chi connectivity index (χ4v) is 5.70. The van der Waals surface area contributed by atoms with Gasteiger partial charge in [-0.2, -0.15) is 4.31 Å². The second kappa shape index (κ2) is 4.98. The van der Waals surface area contributed by atoms with Crippen molar-refractivity contribution in [3.8, 4) is 0 Å². The molecule has 1 saturated carbocycles. The van der Waals surface area contributed by atoms with Gasteiger partial charge in [0.25, 0.3) is 0 Å². The minimum absolute atomic E-state index is 0.254. The summed E-state index contributed by atoms with van der Waals surface area (Å²) in [6, 6.07) is 4.64. The van der Waals surface area contributed by atoms with Crippen molar-refractivity contribution in [3.05, 3.63) is 28.8 Å². The summed E-state index contributed by atoms with van der Waals surface area (Å²) in [4.78, 5) is 0.254. The lowest BCUT2D eigenvalue weighted by Gasteiger charge is -2.26. The van der Waals surface area contributed by atoms with E-state index in [1.165, 1.54) is 10.4 Å². The van der Waals surface area contributed by atoms with Crippen molar-refractivity contribution >= 4 is 21.6 Å². The predicted molar refractivity (Wildman–Crippen MR) is 77.2 cm³/mol. The SMILES string of the molecule is Cc1ccc(Cl)cc1S(=O)(=O)N1CC[C@@H]2CC[C@@H](O)[C@@H]21. The maximum Gasteiger partial charge on any atom is 0.243 e. The maximum absolute atomic E-state index is 12.9. The Labute approximate surface area is 124 Å². The third kappa shape index (κ3) is 2.17. The van der Waals surface area contributed by atoms with E-state index in [2.05, 4.69) is 0 Å². The van der Waals surface area contributed by atoms with Gasteiger partial charge in [0.1, 0.15) is 0 Å². The number of halogens is 1. The average molecular weight is 316 g/mol. The summed E-state index contributed by atoms with van der Waals surface area (Å²) in [5.74, 6) is 0.291. The lowest BCUT2D eigenvalue weighted by Crippen LogP contribution is -2.42. The topological polar surface area (TPSA) is 57.6 Å². The first-order chi connectivity index (χ1) is 9.41.